The molecule has 2 heterocycles. The Labute approximate surface area is 257 Å². The predicted molar refractivity (Wildman–Crippen MR) is 167 cm³/mol. The summed E-state index contributed by atoms with van der Waals surface area (Å²) >= 11 is 0. The minimum Gasteiger partial charge on any atom is -0.493 e. The van der Waals surface area contributed by atoms with Gasteiger partial charge in [0.25, 0.3) is 5.56 Å². The molecule has 10 nitrogen and oxygen atoms in total. The molecule has 0 saturated heterocycles. The van der Waals surface area contributed by atoms with Crippen molar-refractivity contribution in [3.8, 4) is 34.3 Å². The zero-order valence-electron chi connectivity index (χ0n) is 23.1. The van der Waals surface area contributed by atoms with E-state index in [0.29, 0.717) is 69.2 Å². The lowest BCUT2D eigenvalue weighted by Gasteiger charge is -2.17. The van der Waals surface area contributed by atoms with Crippen LogP contribution in [0.5, 0.6) is 23.0 Å². The number of nitrogens with zero attached hydrogens (tertiary/aromatic N) is 1. The Morgan fingerprint density at radius 2 is 1.37 bits per heavy atom. The third-order valence-electron chi connectivity index (χ3n) is 7.01. The van der Waals surface area contributed by atoms with Crippen molar-refractivity contribution in [2.75, 3.05) is 53.7 Å². The van der Waals surface area contributed by atoms with E-state index in [4.69, 9.17) is 24.7 Å². The molecule has 2 aliphatic rings. The summed E-state index contributed by atoms with van der Waals surface area (Å²) in [5.41, 5.74) is 7.61. The van der Waals surface area contributed by atoms with Gasteiger partial charge in [-0.05, 0) is 76.3 Å². The molecule has 0 unspecified atom stereocenters. The van der Waals surface area contributed by atoms with Crippen molar-refractivity contribution in [1.29, 1.82) is 0 Å². The Bertz CT molecular complexity index is 1430. The molecule has 41 heavy (non-hydrogen) atoms. The molecule has 0 fully saturated rings. The topological polar surface area (TPSA) is 126 Å². The number of pyridine rings is 1. The lowest BCUT2D eigenvalue weighted by Crippen LogP contribution is -2.27. The molecule has 0 spiro atoms. The van der Waals surface area contributed by atoms with Gasteiger partial charge in [-0.3, -0.25) is 9.59 Å². The number of carbonyl (C=O) groups excluding carboxylic acids is 1. The summed E-state index contributed by atoms with van der Waals surface area (Å²) in [6.45, 7) is 4.75. The van der Waals surface area contributed by atoms with Crippen LogP contribution in [0.4, 0.5) is 0 Å². The maximum absolute atomic E-state index is 13.9. The average Bonchev–Trinajstić information content (AvgIpc) is 3.51. The number of methoxy groups -OCH3 is 2. The van der Waals surface area contributed by atoms with Gasteiger partial charge < -0.3 is 39.9 Å². The van der Waals surface area contributed by atoms with Gasteiger partial charge >= 0.3 is 0 Å². The van der Waals surface area contributed by atoms with Gasteiger partial charge in [0, 0.05) is 23.1 Å². The second-order valence-corrected chi connectivity index (χ2v) is 9.36. The molecule has 0 radical (unpaired) electrons. The van der Waals surface area contributed by atoms with Crippen LogP contribution in [0.3, 0.4) is 0 Å². The normalized spacial score (nSPS) is 12.2. The standard InChI is InChI=1S/C28H34N4O6.3ClH/c1-35-21-12-17-20(15-22(21)36-2)28(34)32(11-5-10-31-9-4-8-30-7-3-6-29)26-18-13-23-24(38-16-37-23)14-19(18)27(33)25(17)26;;;/h12-15,30-31H,3-11,16,29H2,1-2H3;3*1H. The first-order valence-electron chi connectivity index (χ1n) is 13.0. The van der Waals surface area contributed by atoms with E-state index in [1.54, 1.807) is 28.8 Å². The molecule has 1 aliphatic carbocycles. The second kappa shape index (κ2) is 15.5. The highest BCUT2D eigenvalue weighted by atomic mass is 35.5. The summed E-state index contributed by atoms with van der Waals surface area (Å²) in [6, 6.07) is 6.89. The molecule has 1 aromatic heterocycles. The van der Waals surface area contributed by atoms with Gasteiger partial charge in [-0.1, -0.05) is 0 Å². The number of hydrogen-bond donors (Lipinski definition) is 3. The molecular formula is C28H37Cl3N4O6. The van der Waals surface area contributed by atoms with Crippen molar-refractivity contribution < 1.29 is 23.7 Å². The Morgan fingerprint density at radius 3 is 1.98 bits per heavy atom. The van der Waals surface area contributed by atoms with E-state index in [9.17, 15) is 9.59 Å². The molecule has 3 aromatic rings. The number of benzene rings is 2. The van der Waals surface area contributed by atoms with Crippen LogP contribution >= 0.6 is 37.2 Å². The molecule has 2 aromatic carbocycles. The number of carbonyl (C=O) groups is 1. The quantitative estimate of drug-likeness (QED) is 0.190. The Balaban J connectivity index is 0.00000196. The van der Waals surface area contributed by atoms with Gasteiger partial charge in [0.05, 0.1) is 30.9 Å². The molecule has 0 atom stereocenters. The largest absolute Gasteiger partial charge is 0.493 e. The van der Waals surface area contributed by atoms with Crippen LogP contribution in [-0.4, -0.2) is 64.1 Å². The van der Waals surface area contributed by atoms with Crippen molar-refractivity contribution >= 4 is 53.8 Å². The number of rotatable bonds is 13. The monoisotopic (exact) mass is 630 g/mol. The fourth-order valence-corrected chi connectivity index (χ4v) is 5.13. The van der Waals surface area contributed by atoms with Crippen molar-refractivity contribution in [2.45, 2.75) is 25.8 Å². The summed E-state index contributed by atoms with van der Waals surface area (Å²) in [5, 5.41) is 7.77. The summed E-state index contributed by atoms with van der Waals surface area (Å²) in [4.78, 5) is 27.6. The molecule has 0 saturated carbocycles. The number of hydrogen-bond acceptors (Lipinski definition) is 9. The zero-order chi connectivity index (χ0) is 26.6. The van der Waals surface area contributed by atoms with Gasteiger partial charge in [-0.2, -0.15) is 0 Å². The first-order valence-corrected chi connectivity index (χ1v) is 13.0. The number of halogens is 3. The summed E-state index contributed by atoms with van der Waals surface area (Å²) in [7, 11) is 3.06. The number of nitrogens with one attached hydrogen (secondary N) is 2. The SMILES string of the molecule is COc1cc2c3c(n(CCCNCCCNCCCN)c(=O)c2cc1OC)-c1cc2c(cc1C3=O)OCO2.Cl.Cl.Cl. The predicted octanol–water partition coefficient (Wildman–Crippen LogP) is 3.53. The van der Waals surface area contributed by atoms with Crippen LogP contribution in [0.25, 0.3) is 22.0 Å². The minimum atomic E-state index is -0.179. The first kappa shape index (κ1) is 34.5. The Morgan fingerprint density at radius 1 is 0.805 bits per heavy atom. The van der Waals surface area contributed by atoms with E-state index in [2.05, 4.69) is 10.6 Å². The Hall–Kier alpha value is -2.73. The number of fused-ring (bicyclic) bond motifs is 6. The smallest absolute Gasteiger partial charge is 0.259 e. The van der Waals surface area contributed by atoms with E-state index in [0.717, 1.165) is 45.4 Å². The van der Waals surface area contributed by atoms with Crippen molar-refractivity contribution in [2.24, 2.45) is 5.73 Å². The van der Waals surface area contributed by atoms with Crippen molar-refractivity contribution in [3.63, 3.8) is 0 Å². The highest BCUT2D eigenvalue weighted by molar-refractivity contribution is 6.27. The highest BCUT2D eigenvalue weighted by Gasteiger charge is 2.35. The maximum atomic E-state index is 13.9. The van der Waals surface area contributed by atoms with Crippen LogP contribution < -0.4 is 40.9 Å². The molecule has 0 amide bonds. The van der Waals surface area contributed by atoms with E-state index in [1.807, 2.05) is 0 Å². The second-order valence-electron chi connectivity index (χ2n) is 9.36. The number of nitrogens with two attached hydrogens (primary N) is 1. The lowest BCUT2D eigenvalue weighted by molar-refractivity contribution is 0.104. The summed E-state index contributed by atoms with van der Waals surface area (Å²) < 4.78 is 23.8. The van der Waals surface area contributed by atoms with E-state index >= 15 is 0 Å². The van der Waals surface area contributed by atoms with Crippen LogP contribution in [0.1, 0.15) is 35.2 Å². The third-order valence-corrected chi connectivity index (χ3v) is 7.01. The lowest BCUT2D eigenvalue weighted by atomic mass is 10.0. The molecule has 13 heteroatoms. The number of ether oxygens (including phenoxy) is 4. The van der Waals surface area contributed by atoms with Gasteiger partial charge in [-0.15, -0.1) is 37.2 Å². The minimum absolute atomic E-state index is 0. The van der Waals surface area contributed by atoms with Gasteiger partial charge in [0.2, 0.25) is 6.79 Å². The van der Waals surface area contributed by atoms with Crippen LogP contribution in [0.15, 0.2) is 29.1 Å². The average molecular weight is 632 g/mol. The fourth-order valence-electron chi connectivity index (χ4n) is 5.13. The zero-order valence-corrected chi connectivity index (χ0v) is 25.5. The van der Waals surface area contributed by atoms with E-state index < -0.39 is 0 Å². The summed E-state index contributed by atoms with van der Waals surface area (Å²) in [6.07, 6.45) is 2.71. The highest BCUT2D eigenvalue weighted by Crippen LogP contribution is 2.46. The number of ketones is 1. The molecule has 0 bridgehead atoms. The van der Waals surface area contributed by atoms with Crippen molar-refractivity contribution in [1.82, 2.24) is 15.2 Å². The fraction of sp³-hybridized carbons (Fsp3) is 0.429. The van der Waals surface area contributed by atoms with E-state index in [-0.39, 0.29) is 55.4 Å². The third kappa shape index (κ3) is 6.69. The Kier molecular flexibility index (Phi) is 13.0. The molecule has 4 N–H and O–H groups in total. The molecular weight excluding hydrogens is 595 g/mol. The molecule has 5 rings (SSSR count). The van der Waals surface area contributed by atoms with Crippen LogP contribution in [0, 0.1) is 0 Å². The van der Waals surface area contributed by atoms with E-state index in [1.165, 1.54) is 14.2 Å². The van der Waals surface area contributed by atoms with Gasteiger partial charge in [0.15, 0.2) is 28.8 Å². The van der Waals surface area contributed by atoms with Crippen LogP contribution in [0.2, 0.25) is 0 Å². The van der Waals surface area contributed by atoms with Crippen LogP contribution in [-0.2, 0) is 6.54 Å². The summed E-state index contributed by atoms with van der Waals surface area (Å²) in [5.74, 6) is 1.84. The first-order chi connectivity index (χ1) is 18.6. The molecule has 226 valence electrons. The van der Waals surface area contributed by atoms with Crippen molar-refractivity contribution in [3.05, 3.63) is 45.7 Å². The van der Waals surface area contributed by atoms with Gasteiger partial charge in [-0.25, -0.2) is 0 Å². The number of aromatic nitrogens is 1. The molecule has 1 aliphatic heterocycles. The maximum Gasteiger partial charge on any atom is 0.259 e. The van der Waals surface area contributed by atoms with Gasteiger partial charge in [0.1, 0.15) is 0 Å².